The summed E-state index contributed by atoms with van der Waals surface area (Å²) in [6.45, 7) is 0.250. The summed E-state index contributed by atoms with van der Waals surface area (Å²) >= 11 is 12.4. The standard InChI is InChI=1S/C29H20Cl2N2O5/c1-37-25-15-18(13-23-27(34)32-29(36)33(28(23)35)22-10-8-21(30)9-11-22)14-24(31)26(25)38-16-17-6-7-19-4-2-3-5-20(19)12-17/h2-15H,16H2,1H3,(H,32,34,36)/b23-13+. The van der Waals surface area contributed by atoms with Crippen molar-refractivity contribution in [3.63, 3.8) is 0 Å². The molecule has 9 heteroatoms. The third-order valence-electron chi connectivity index (χ3n) is 5.95. The van der Waals surface area contributed by atoms with Crippen LogP contribution in [0.15, 0.2) is 84.4 Å². The van der Waals surface area contributed by atoms with Crippen LogP contribution in [0.1, 0.15) is 11.1 Å². The Hall–Kier alpha value is -4.33. The first-order valence-corrected chi connectivity index (χ1v) is 12.2. The molecule has 7 nitrogen and oxygen atoms in total. The van der Waals surface area contributed by atoms with Crippen molar-refractivity contribution in [1.29, 1.82) is 0 Å². The summed E-state index contributed by atoms with van der Waals surface area (Å²) in [6.07, 6.45) is 1.34. The highest BCUT2D eigenvalue weighted by Crippen LogP contribution is 2.38. The molecule has 0 atom stereocenters. The largest absolute Gasteiger partial charge is 0.493 e. The van der Waals surface area contributed by atoms with Gasteiger partial charge in [0.25, 0.3) is 11.8 Å². The molecule has 0 unspecified atom stereocenters. The van der Waals surface area contributed by atoms with Gasteiger partial charge in [0.2, 0.25) is 0 Å². The number of anilines is 1. The Morgan fingerprint density at radius 3 is 2.37 bits per heavy atom. The quantitative estimate of drug-likeness (QED) is 0.223. The maximum Gasteiger partial charge on any atom is 0.335 e. The number of rotatable bonds is 6. The molecular formula is C29H20Cl2N2O5. The van der Waals surface area contributed by atoms with Gasteiger partial charge >= 0.3 is 6.03 Å². The molecule has 1 aliphatic heterocycles. The van der Waals surface area contributed by atoms with Gasteiger partial charge in [-0.3, -0.25) is 14.9 Å². The SMILES string of the molecule is COc1cc(/C=C2\C(=O)NC(=O)N(c3ccc(Cl)cc3)C2=O)cc(Cl)c1OCc1ccc2ccccc2c1. The molecule has 1 heterocycles. The van der Waals surface area contributed by atoms with Gasteiger partial charge in [-0.25, -0.2) is 9.69 Å². The van der Waals surface area contributed by atoms with Crippen LogP contribution in [0.5, 0.6) is 11.5 Å². The summed E-state index contributed by atoms with van der Waals surface area (Å²) in [4.78, 5) is 39.0. The predicted octanol–water partition coefficient (Wildman–Crippen LogP) is 6.40. The van der Waals surface area contributed by atoms with Crippen molar-refractivity contribution in [3.8, 4) is 11.5 Å². The molecule has 190 valence electrons. The summed E-state index contributed by atoms with van der Waals surface area (Å²) in [7, 11) is 1.46. The first-order valence-electron chi connectivity index (χ1n) is 11.5. The van der Waals surface area contributed by atoms with Gasteiger partial charge in [-0.1, -0.05) is 59.6 Å². The number of hydrogen-bond donors (Lipinski definition) is 1. The number of carbonyl (C=O) groups excluding carboxylic acids is 3. The average Bonchev–Trinajstić information content (AvgIpc) is 2.91. The van der Waals surface area contributed by atoms with E-state index in [-0.39, 0.29) is 22.9 Å². The van der Waals surface area contributed by atoms with Crippen molar-refractivity contribution in [2.24, 2.45) is 0 Å². The third kappa shape index (κ3) is 5.07. The molecule has 1 fully saturated rings. The van der Waals surface area contributed by atoms with E-state index in [1.54, 1.807) is 24.3 Å². The van der Waals surface area contributed by atoms with E-state index in [0.29, 0.717) is 22.1 Å². The Labute approximate surface area is 228 Å². The van der Waals surface area contributed by atoms with Crippen LogP contribution in [0.4, 0.5) is 10.5 Å². The van der Waals surface area contributed by atoms with Crippen LogP contribution in [0.25, 0.3) is 16.8 Å². The van der Waals surface area contributed by atoms with Crippen LogP contribution >= 0.6 is 23.2 Å². The van der Waals surface area contributed by atoms with E-state index < -0.39 is 17.8 Å². The van der Waals surface area contributed by atoms with Gasteiger partial charge in [-0.2, -0.15) is 0 Å². The number of halogens is 2. The molecule has 1 saturated heterocycles. The molecule has 0 bridgehead atoms. The molecule has 38 heavy (non-hydrogen) atoms. The summed E-state index contributed by atoms with van der Waals surface area (Å²) in [5, 5.41) is 5.07. The van der Waals surface area contributed by atoms with Crippen LogP contribution in [0, 0.1) is 0 Å². The monoisotopic (exact) mass is 546 g/mol. The number of hydrogen-bond acceptors (Lipinski definition) is 5. The number of carbonyl (C=O) groups is 3. The van der Waals surface area contributed by atoms with Crippen molar-refractivity contribution in [2.45, 2.75) is 6.61 Å². The number of urea groups is 1. The fourth-order valence-corrected chi connectivity index (χ4v) is 4.50. The van der Waals surface area contributed by atoms with Crippen molar-refractivity contribution >= 4 is 63.6 Å². The van der Waals surface area contributed by atoms with E-state index in [4.69, 9.17) is 32.7 Å². The zero-order chi connectivity index (χ0) is 26.8. The zero-order valence-electron chi connectivity index (χ0n) is 20.0. The van der Waals surface area contributed by atoms with Crippen LogP contribution in [-0.4, -0.2) is 25.0 Å². The number of benzene rings is 4. The lowest BCUT2D eigenvalue weighted by molar-refractivity contribution is -0.122. The van der Waals surface area contributed by atoms with E-state index in [0.717, 1.165) is 21.2 Å². The van der Waals surface area contributed by atoms with Gasteiger partial charge in [-0.05, 0) is 70.4 Å². The number of methoxy groups -OCH3 is 1. The summed E-state index contributed by atoms with van der Waals surface area (Å²) < 4.78 is 11.5. The molecule has 0 spiro atoms. The van der Waals surface area contributed by atoms with E-state index in [1.807, 2.05) is 42.5 Å². The molecule has 0 saturated carbocycles. The number of ether oxygens (including phenoxy) is 2. The number of amides is 4. The summed E-state index contributed by atoms with van der Waals surface area (Å²) in [5.41, 5.74) is 1.38. The Morgan fingerprint density at radius 1 is 0.895 bits per heavy atom. The number of imide groups is 2. The van der Waals surface area contributed by atoms with Crippen LogP contribution in [0.3, 0.4) is 0 Å². The molecule has 1 N–H and O–H groups in total. The Kier molecular flexibility index (Phi) is 7.05. The van der Waals surface area contributed by atoms with Crippen LogP contribution < -0.4 is 19.7 Å². The molecule has 0 aliphatic carbocycles. The molecule has 5 rings (SSSR count). The summed E-state index contributed by atoms with van der Waals surface area (Å²) in [5.74, 6) is -0.967. The lowest BCUT2D eigenvalue weighted by atomic mass is 10.1. The fraction of sp³-hybridized carbons (Fsp3) is 0.0690. The molecule has 1 aliphatic rings. The van der Waals surface area contributed by atoms with Gasteiger partial charge in [0, 0.05) is 5.02 Å². The average molecular weight is 547 g/mol. The highest BCUT2D eigenvalue weighted by Gasteiger charge is 2.36. The maximum atomic E-state index is 13.1. The van der Waals surface area contributed by atoms with E-state index >= 15 is 0 Å². The van der Waals surface area contributed by atoms with Gasteiger partial charge in [0.05, 0.1) is 17.8 Å². The number of barbiturate groups is 1. The minimum atomic E-state index is -0.854. The normalized spacial score (nSPS) is 14.7. The van der Waals surface area contributed by atoms with Crippen molar-refractivity contribution in [1.82, 2.24) is 5.32 Å². The minimum Gasteiger partial charge on any atom is -0.493 e. The molecule has 4 amide bonds. The van der Waals surface area contributed by atoms with Gasteiger partial charge in [0.1, 0.15) is 12.2 Å². The van der Waals surface area contributed by atoms with Crippen LogP contribution in [-0.2, 0) is 16.2 Å². The molecular weight excluding hydrogens is 527 g/mol. The Balaban J connectivity index is 1.42. The summed E-state index contributed by atoms with van der Waals surface area (Å²) in [6, 6.07) is 22.4. The molecule has 0 radical (unpaired) electrons. The lowest BCUT2D eigenvalue weighted by Crippen LogP contribution is -2.54. The van der Waals surface area contributed by atoms with E-state index in [2.05, 4.69) is 5.32 Å². The number of fused-ring (bicyclic) bond motifs is 1. The van der Waals surface area contributed by atoms with Crippen molar-refractivity contribution in [3.05, 3.63) is 106 Å². The highest BCUT2D eigenvalue weighted by molar-refractivity contribution is 6.39. The third-order valence-corrected chi connectivity index (χ3v) is 6.48. The lowest BCUT2D eigenvalue weighted by Gasteiger charge is -2.26. The number of nitrogens with zero attached hydrogens (tertiary/aromatic N) is 1. The van der Waals surface area contributed by atoms with E-state index in [9.17, 15) is 14.4 Å². The maximum absolute atomic E-state index is 13.1. The minimum absolute atomic E-state index is 0.228. The first kappa shape index (κ1) is 25.3. The second-order valence-electron chi connectivity index (χ2n) is 8.44. The second kappa shape index (κ2) is 10.6. The van der Waals surface area contributed by atoms with Crippen LogP contribution in [0.2, 0.25) is 10.0 Å². The predicted molar refractivity (Wildman–Crippen MR) is 147 cm³/mol. The highest BCUT2D eigenvalue weighted by atomic mass is 35.5. The van der Waals surface area contributed by atoms with Gasteiger partial charge in [-0.15, -0.1) is 0 Å². The fourth-order valence-electron chi connectivity index (χ4n) is 4.10. The van der Waals surface area contributed by atoms with E-state index in [1.165, 1.54) is 25.3 Å². The van der Waals surface area contributed by atoms with Gasteiger partial charge < -0.3 is 9.47 Å². The van der Waals surface area contributed by atoms with Gasteiger partial charge in [0.15, 0.2) is 11.5 Å². The molecule has 4 aromatic carbocycles. The topological polar surface area (TPSA) is 84.9 Å². The first-order chi connectivity index (χ1) is 18.3. The molecule has 0 aromatic heterocycles. The molecule has 4 aromatic rings. The second-order valence-corrected chi connectivity index (χ2v) is 9.28. The van der Waals surface area contributed by atoms with Crippen molar-refractivity contribution < 1.29 is 23.9 Å². The number of nitrogens with one attached hydrogen (secondary N) is 1. The van der Waals surface area contributed by atoms with Crippen molar-refractivity contribution in [2.75, 3.05) is 12.0 Å². The Morgan fingerprint density at radius 2 is 1.63 bits per heavy atom. The Bertz CT molecular complexity index is 1620. The zero-order valence-corrected chi connectivity index (χ0v) is 21.5. The smallest absolute Gasteiger partial charge is 0.335 e.